The molecule has 1 spiro atoms. The Labute approximate surface area is 98.3 Å². The van der Waals surface area contributed by atoms with Crippen molar-refractivity contribution in [1.82, 2.24) is 0 Å². The van der Waals surface area contributed by atoms with Crippen LogP contribution in [-0.2, 0) is 9.47 Å². The molecule has 3 rings (SSSR count). The van der Waals surface area contributed by atoms with Crippen molar-refractivity contribution >= 4 is 15.9 Å². The minimum atomic E-state index is -0.323. The first-order valence-corrected chi connectivity index (χ1v) is 6.92. The number of halogens is 1. The van der Waals surface area contributed by atoms with Crippen LogP contribution in [0.2, 0.25) is 0 Å². The number of fused-ring (bicyclic) bond motifs is 2. The van der Waals surface area contributed by atoms with Gasteiger partial charge in [-0.1, -0.05) is 15.9 Å². The molecule has 1 unspecified atom stereocenters. The second-order valence-electron chi connectivity index (χ2n) is 4.90. The van der Waals surface area contributed by atoms with E-state index in [1.165, 1.54) is 0 Å². The molecule has 2 aliphatic carbocycles. The lowest BCUT2D eigenvalue weighted by Gasteiger charge is -2.55. The van der Waals surface area contributed by atoms with Gasteiger partial charge in [0, 0.05) is 17.2 Å². The Morgan fingerprint density at radius 2 is 2.00 bits per heavy atom. The summed E-state index contributed by atoms with van der Waals surface area (Å²) in [6.45, 7) is 1.44. The quantitative estimate of drug-likeness (QED) is 0.778. The summed E-state index contributed by atoms with van der Waals surface area (Å²) in [6.07, 6.45) is 2.76. The van der Waals surface area contributed by atoms with Gasteiger partial charge < -0.3 is 14.6 Å². The van der Waals surface area contributed by atoms with Crippen molar-refractivity contribution < 1.29 is 14.6 Å². The normalized spacial score (nSPS) is 46.8. The van der Waals surface area contributed by atoms with E-state index in [9.17, 15) is 5.11 Å². The van der Waals surface area contributed by atoms with Gasteiger partial charge in [0.2, 0.25) is 0 Å². The first-order valence-electron chi connectivity index (χ1n) is 5.80. The van der Waals surface area contributed by atoms with Crippen LogP contribution in [0.25, 0.3) is 0 Å². The number of rotatable bonds is 2. The monoisotopic (exact) mass is 276 g/mol. The minimum absolute atomic E-state index is 0.134. The van der Waals surface area contributed by atoms with Gasteiger partial charge in [-0.25, -0.2) is 0 Å². The van der Waals surface area contributed by atoms with E-state index in [2.05, 4.69) is 15.9 Å². The molecular formula is C11H17BrO3. The second-order valence-corrected chi connectivity index (χ2v) is 5.69. The maximum absolute atomic E-state index is 9.72. The van der Waals surface area contributed by atoms with Crippen molar-refractivity contribution in [3.8, 4) is 0 Å². The van der Waals surface area contributed by atoms with Gasteiger partial charge in [-0.05, 0) is 25.2 Å². The van der Waals surface area contributed by atoms with E-state index in [0.29, 0.717) is 17.8 Å². The number of ether oxygens (including phenoxy) is 2. The molecule has 1 N–H and O–H groups in total. The number of hydrogen-bond donors (Lipinski definition) is 1. The fraction of sp³-hybridized carbons (Fsp3) is 1.00. The van der Waals surface area contributed by atoms with E-state index in [1.54, 1.807) is 0 Å². The first kappa shape index (κ1) is 10.5. The molecule has 0 amide bonds. The highest BCUT2D eigenvalue weighted by molar-refractivity contribution is 9.09. The van der Waals surface area contributed by atoms with Crippen LogP contribution in [0.5, 0.6) is 0 Å². The zero-order valence-corrected chi connectivity index (χ0v) is 10.3. The highest BCUT2D eigenvalue weighted by atomic mass is 79.9. The molecule has 0 bridgehead atoms. The molecule has 4 atom stereocenters. The van der Waals surface area contributed by atoms with Crippen LogP contribution in [0.15, 0.2) is 0 Å². The summed E-state index contributed by atoms with van der Waals surface area (Å²) in [7, 11) is 0. The van der Waals surface area contributed by atoms with Crippen molar-refractivity contribution in [2.45, 2.75) is 31.2 Å². The molecule has 0 aromatic carbocycles. The Morgan fingerprint density at radius 1 is 1.27 bits per heavy atom. The highest BCUT2D eigenvalue weighted by Gasteiger charge is 2.67. The van der Waals surface area contributed by atoms with Gasteiger partial charge in [0.1, 0.15) is 0 Å². The van der Waals surface area contributed by atoms with Crippen molar-refractivity contribution in [2.24, 2.45) is 17.8 Å². The molecule has 1 heterocycles. The standard InChI is InChI=1S/C11H17BrO3/c12-2-1-9-8-5-7(13)6-10(8)11(9)14-3-4-15-11/h7-10,13H,1-6H2/t7?,8-,9+,10-/m1/s1. The van der Waals surface area contributed by atoms with Crippen molar-refractivity contribution in [3.63, 3.8) is 0 Å². The predicted molar refractivity (Wildman–Crippen MR) is 58.8 cm³/mol. The molecular weight excluding hydrogens is 260 g/mol. The summed E-state index contributed by atoms with van der Waals surface area (Å²) in [5, 5.41) is 10.7. The summed E-state index contributed by atoms with van der Waals surface area (Å²) >= 11 is 3.49. The largest absolute Gasteiger partial charge is 0.393 e. The van der Waals surface area contributed by atoms with Gasteiger partial charge in [0.25, 0.3) is 0 Å². The molecule has 2 saturated carbocycles. The van der Waals surface area contributed by atoms with Crippen LogP contribution in [-0.4, -0.2) is 35.5 Å². The summed E-state index contributed by atoms with van der Waals surface area (Å²) in [4.78, 5) is 0. The third-order valence-electron chi connectivity index (χ3n) is 4.30. The highest BCUT2D eigenvalue weighted by Crippen LogP contribution is 2.62. The Kier molecular flexibility index (Phi) is 2.58. The van der Waals surface area contributed by atoms with E-state index in [1.807, 2.05) is 0 Å². The fourth-order valence-electron chi connectivity index (χ4n) is 3.81. The molecule has 4 heteroatoms. The number of aliphatic hydroxyl groups excluding tert-OH is 1. The van der Waals surface area contributed by atoms with Gasteiger partial charge in [-0.15, -0.1) is 0 Å². The Balaban J connectivity index is 1.80. The molecule has 0 radical (unpaired) electrons. The average Bonchev–Trinajstić information content (AvgIpc) is 2.81. The summed E-state index contributed by atoms with van der Waals surface area (Å²) < 4.78 is 11.7. The molecule has 3 nitrogen and oxygen atoms in total. The van der Waals surface area contributed by atoms with Crippen LogP contribution in [0, 0.1) is 17.8 Å². The van der Waals surface area contributed by atoms with Crippen molar-refractivity contribution in [3.05, 3.63) is 0 Å². The predicted octanol–water partition coefficient (Wildman–Crippen LogP) is 1.53. The lowest BCUT2D eigenvalue weighted by Crippen LogP contribution is -2.61. The fourth-order valence-corrected chi connectivity index (χ4v) is 4.30. The molecule has 1 saturated heterocycles. The molecule has 3 fully saturated rings. The van der Waals surface area contributed by atoms with E-state index < -0.39 is 0 Å². The van der Waals surface area contributed by atoms with Crippen LogP contribution < -0.4 is 0 Å². The Morgan fingerprint density at radius 3 is 2.67 bits per heavy atom. The molecule has 3 aliphatic rings. The van der Waals surface area contributed by atoms with E-state index in [4.69, 9.17) is 9.47 Å². The molecule has 86 valence electrons. The van der Waals surface area contributed by atoms with E-state index in [0.717, 1.165) is 37.8 Å². The zero-order valence-electron chi connectivity index (χ0n) is 8.69. The third kappa shape index (κ3) is 1.35. The maximum atomic E-state index is 9.72. The van der Waals surface area contributed by atoms with Crippen molar-refractivity contribution in [2.75, 3.05) is 18.5 Å². The summed E-state index contributed by atoms with van der Waals surface area (Å²) in [5.74, 6) is 1.23. The van der Waals surface area contributed by atoms with Crippen LogP contribution in [0.3, 0.4) is 0 Å². The molecule has 1 aliphatic heterocycles. The summed E-state index contributed by atoms with van der Waals surface area (Å²) in [6, 6.07) is 0. The smallest absolute Gasteiger partial charge is 0.174 e. The maximum Gasteiger partial charge on any atom is 0.174 e. The van der Waals surface area contributed by atoms with Gasteiger partial charge in [0.15, 0.2) is 5.79 Å². The lowest BCUT2D eigenvalue weighted by atomic mass is 9.60. The third-order valence-corrected chi connectivity index (χ3v) is 4.75. The van der Waals surface area contributed by atoms with E-state index >= 15 is 0 Å². The topological polar surface area (TPSA) is 38.7 Å². The van der Waals surface area contributed by atoms with E-state index in [-0.39, 0.29) is 11.9 Å². The average molecular weight is 277 g/mol. The number of alkyl halides is 1. The first-order chi connectivity index (χ1) is 7.28. The minimum Gasteiger partial charge on any atom is -0.393 e. The zero-order chi connectivity index (χ0) is 10.5. The van der Waals surface area contributed by atoms with Gasteiger partial charge in [-0.3, -0.25) is 0 Å². The van der Waals surface area contributed by atoms with Crippen LogP contribution >= 0.6 is 15.9 Å². The number of hydrogen-bond acceptors (Lipinski definition) is 3. The Bertz CT molecular complexity index is 252. The van der Waals surface area contributed by atoms with Crippen LogP contribution in [0.4, 0.5) is 0 Å². The number of aliphatic hydroxyl groups is 1. The molecule has 15 heavy (non-hydrogen) atoms. The van der Waals surface area contributed by atoms with Gasteiger partial charge >= 0.3 is 0 Å². The molecule has 0 aromatic heterocycles. The molecule has 0 aromatic rings. The Hall–Kier alpha value is 0.360. The second kappa shape index (κ2) is 3.69. The summed E-state index contributed by atoms with van der Waals surface area (Å²) in [5.41, 5.74) is 0. The van der Waals surface area contributed by atoms with Gasteiger partial charge in [0.05, 0.1) is 19.3 Å². The van der Waals surface area contributed by atoms with Crippen LogP contribution in [0.1, 0.15) is 19.3 Å². The lowest BCUT2D eigenvalue weighted by molar-refractivity contribution is -0.312. The SMILES string of the molecule is OC1C[C@H]2[C@@H](C1)C1(OCCO1)[C@H]2CCBr. The van der Waals surface area contributed by atoms with Crippen molar-refractivity contribution in [1.29, 1.82) is 0 Å². The van der Waals surface area contributed by atoms with Gasteiger partial charge in [-0.2, -0.15) is 0 Å².